The third-order valence-electron chi connectivity index (χ3n) is 3.54. The van der Waals surface area contributed by atoms with Crippen molar-refractivity contribution in [3.63, 3.8) is 0 Å². The summed E-state index contributed by atoms with van der Waals surface area (Å²) >= 11 is 0. The third-order valence-corrected chi connectivity index (χ3v) is 3.54. The number of Topliss-reactive ketones (excluding diaryl/α,β-unsaturated/α-hetero) is 1. The first-order valence-electron chi connectivity index (χ1n) is 8.50. The van der Waals surface area contributed by atoms with Gasteiger partial charge < -0.3 is 10.1 Å². The Labute approximate surface area is 139 Å². The minimum Gasteiger partial charge on any atom is -0.466 e. The number of ether oxygens (including phenoxy) is 1. The predicted octanol–water partition coefficient (Wildman–Crippen LogP) is 3.39. The van der Waals surface area contributed by atoms with Crippen LogP contribution in [0.5, 0.6) is 0 Å². The van der Waals surface area contributed by atoms with E-state index < -0.39 is 6.04 Å². The number of carbonyl (C=O) groups excluding carboxylic acids is 2. The summed E-state index contributed by atoms with van der Waals surface area (Å²) in [5.74, 6) is 0.00545. The zero-order chi connectivity index (χ0) is 17.2. The predicted molar refractivity (Wildman–Crippen MR) is 92.6 cm³/mol. The molecule has 128 valence electrons. The molecule has 0 radical (unpaired) electrons. The van der Waals surface area contributed by atoms with Gasteiger partial charge in [0.15, 0.2) is 5.78 Å². The largest absolute Gasteiger partial charge is 0.466 e. The van der Waals surface area contributed by atoms with Gasteiger partial charge in [0.05, 0.1) is 19.1 Å². The van der Waals surface area contributed by atoms with E-state index in [1.807, 2.05) is 24.3 Å². The maximum atomic E-state index is 12.7. The molecule has 1 rings (SSSR count). The lowest BCUT2D eigenvalue weighted by Gasteiger charge is -2.18. The van der Waals surface area contributed by atoms with Crippen LogP contribution in [0.2, 0.25) is 0 Å². The fourth-order valence-corrected chi connectivity index (χ4v) is 2.35. The zero-order valence-corrected chi connectivity index (χ0v) is 14.7. The molecule has 0 fully saturated rings. The quantitative estimate of drug-likeness (QED) is 0.530. The van der Waals surface area contributed by atoms with E-state index in [-0.39, 0.29) is 18.2 Å². The van der Waals surface area contributed by atoms with Gasteiger partial charge in [-0.3, -0.25) is 9.59 Å². The molecule has 0 aliphatic heterocycles. The second kappa shape index (κ2) is 10.2. The first-order valence-corrected chi connectivity index (χ1v) is 8.50. The topological polar surface area (TPSA) is 55.4 Å². The number of esters is 1. The van der Waals surface area contributed by atoms with Crippen molar-refractivity contribution in [2.75, 3.05) is 13.2 Å². The van der Waals surface area contributed by atoms with E-state index in [0.717, 1.165) is 12.8 Å². The summed E-state index contributed by atoms with van der Waals surface area (Å²) in [5, 5.41) is 3.20. The van der Waals surface area contributed by atoms with Crippen LogP contribution in [0.15, 0.2) is 24.3 Å². The molecule has 0 aliphatic rings. The lowest BCUT2D eigenvalue weighted by Crippen LogP contribution is -2.40. The Morgan fingerprint density at radius 1 is 1.13 bits per heavy atom. The Hall–Kier alpha value is -1.68. The fraction of sp³-hybridized carbons (Fsp3) is 0.579. The molecule has 4 heteroatoms. The van der Waals surface area contributed by atoms with Gasteiger partial charge >= 0.3 is 5.97 Å². The van der Waals surface area contributed by atoms with Crippen LogP contribution in [0.4, 0.5) is 0 Å². The lowest BCUT2D eigenvalue weighted by molar-refractivity contribution is -0.143. The van der Waals surface area contributed by atoms with Crippen molar-refractivity contribution in [3.05, 3.63) is 35.4 Å². The van der Waals surface area contributed by atoms with E-state index >= 15 is 0 Å². The third kappa shape index (κ3) is 6.95. The minimum atomic E-state index is -0.534. The van der Waals surface area contributed by atoms with Gasteiger partial charge in [-0.25, -0.2) is 0 Å². The maximum absolute atomic E-state index is 12.7. The van der Waals surface area contributed by atoms with Crippen molar-refractivity contribution in [3.8, 4) is 0 Å². The molecule has 0 aromatic heterocycles. The highest BCUT2D eigenvalue weighted by Gasteiger charge is 2.23. The summed E-state index contributed by atoms with van der Waals surface area (Å²) in [6.45, 7) is 9.04. The van der Waals surface area contributed by atoms with E-state index in [1.165, 1.54) is 5.56 Å². The van der Waals surface area contributed by atoms with Crippen molar-refractivity contribution >= 4 is 11.8 Å². The molecule has 0 heterocycles. The number of benzene rings is 1. The van der Waals surface area contributed by atoms with Crippen LogP contribution < -0.4 is 5.32 Å². The number of aryl methyl sites for hydroxylation is 1. The second-order valence-corrected chi connectivity index (χ2v) is 6.18. The summed E-state index contributed by atoms with van der Waals surface area (Å²) in [6.07, 6.45) is 2.15. The smallest absolute Gasteiger partial charge is 0.307 e. The Kier molecular flexibility index (Phi) is 8.56. The molecular formula is C19H29NO3. The van der Waals surface area contributed by atoms with Crippen molar-refractivity contribution in [1.82, 2.24) is 5.32 Å². The molecule has 0 amide bonds. The normalized spacial score (nSPS) is 12.2. The molecular weight excluding hydrogens is 290 g/mol. The number of hydrogen-bond donors (Lipinski definition) is 1. The fourth-order valence-electron chi connectivity index (χ4n) is 2.35. The zero-order valence-electron chi connectivity index (χ0n) is 14.7. The van der Waals surface area contributed by atoms with Crippen LogP contribution in [0.1, 0.15) is 56.5 Å². The van der Waals surface area contributed by atoms with Crippen molar-refractivity contribution < 1.29 is 14.3 Å². The number of rotatable bonds is 10. The first kappa shape index (κ1) is 19.4. The summed E-state index contributed by atoms with van der Waals surface area (Å²) < 4.78 is 4.99. The highest BCUT2D eigenvalue weighted by Crippen LogP contribution is 2.11. The highest BCUT2D eigenvalue weighted by molar-refractivity contribution is 6.01. The molecule has 0 spiro atoms. The van der Waals surface area contributed by atoms with Gasteiger partial charge in [0.25, 0.3) is 0 Å². The van der Waals surface area contributed by atoms with Gasteiger partial charge in [0, 0.05) is 5.56 Å². The summed E-state index contributed by atoms with van der Waals surface area (Å²) in [6, 6.07) is 7.14. The Morgan fingerprint density at radius 2 is 1.78 bits per heavy atom. The van der Waals surface area contributed by atoms with Crippen LogP contribution in [-0.2, 0) is 16.0 Å². The monoisotopic (exact) mass is 319 g/mol. The summed E-state index contributed by atoms with van der Waals surface area (Å²) in [4.78, 5) is 24.5. The molecule has 4 nitrogen and oxygen atoms in total. The van der Waals surface area contributed by atoms with E-state index in [0.29, 0.717) is 24.6 Å². The Bertz CT molecular complexity index is 494. The number of hydrogen-bond acceptors (Lipinski definition) is 4. The average Bonchev–Trinajstić information content (AvgIpc) is 2.52. The van der Waals surface area contributed by atoms with E-state index in [2.05, 4.69) is 26.1 Å². The first-order chi connectivity index (χ1) is 11.0. The highest BCUT2D eigenvalue weighted by atomic mass is 16.5. The van der Waals surface area contributed by atoms with Crippen LogP contribution in [0.3, 0.4) is 0 Å². The van der Waals surface area contributed by atoms with E-state index in [4.69, 9.17) is 4.74 Å². The van der Waals surface area contributed by atoms with Crippen LogP contribution in [0, 0.1) is 5.92 Å². The molecule has 0 saturated heterocycles. The second-order valence-electron chi connectivity index (χ2n) is 6.18. The maximum Gasteiger partial charge on any atom is 0.307 e. The van der Waals surface area contributed by atoms with Gasteiger partial charge in [0.1, 0.15) is 0 Å². The number of ketones is 1. The van der Waals surface area contributed by atoms with Crippen LogP contribution >= 0.6 is 0 Å². The molecule has 1 atom stereocenters. The standard InChI is InChI=1S/C19H29NO3/c1-5-7-15-8-10-16(11-9-15)19(22)17(20-13-14(3)4)12-18(21)23-6-2/h8-11,14,17,20H,5-7,12-13H2,1-4H3. The van der Waals surface area contributed by atoms with Crippen molar-refractivity contribution in [2.45, 2.75) is 53.0 Å². The van der Waals surface area contributed by atoms with Crippen molar-refractivity contribution in [1.29, 1.82) is 0 Å². The van der Waals surface area contributed by atoms with Gasteiger partial charge in [-0.2, -0.15) is 0 Å². The number of nitrogens with one attached hydrogen (secondary N) is 1. The molecule has 23 heavy (non-hydrogen) atoms. The molecule has 1 N–H and O–H groups in total. The lowest BCUT2D eigenvalue weighted by atomic mass is 9.99. The number of carbonyl (C=O) groups is 2. The Balaban J connectivity index is 2.81. The molecule has 1 aromatic carbocycles. The molecule has 1 aromatic rings. The van der Waals surface area contributed by atoms with Gasteiger partial charge in [-0.15, -0.1) is 0 Å². The Morgan fingerprint density at radius 3 is 2.30 bits per heavy atom. The van der Waals surface area contributed by atoms with Crippen LogP contribution in [-0.4, -0.2) is 30.9 Å². The van der Waals surface area contributed by atoms with Gasteiger partial charge in [-0.1, -0.05) is 51.5 Å². The van der Waals surface area contributed by atoms with Gasteiger partial charge in [0.2, 0.25) is 0 Å². The summed E-state index contributed by atoms with van der Waals surface area (Å²) in [7, 11) is 0. The van der Waals surface area contributed by atoms with Gasteiger partial charge in [-0.05, 0) is 31.4 Å². The summed E-state index contributed by atoms with van der Waals surface area (Å²) in [5.41, 5.74) is 1.86. The average molecular weight is 319 g/mol. The SMILES string of the molecule is CCCc1ccc(C(=O)C(CC(=O)OCC)NCC(C)C)cc1. The minimum absolute atomic E-state index is 0.0539. The molecule has 1 unspecified atom stereocenters. The van der Waals surface area contributed by atoms with Crippen molar-refractivity contribution in [2.24, 2.45) is 5.92 Å². The van der Waals surface area contributed by atoms with E-state index in [9.17, 15) is 9.59 Å². The van der Waals surface area contributed by atoms with Crippen LogP contribution in [0.25, 0.3) is 0 Å². The molecule has 0 aliphatic carbocycles. The van der Waals surface area contributed by atoms with E-state index in [1.54, 1.807) is 6.92 Å². The molecule has 0 bridgehead atoms. The molecule has 0 saturated carbocycles.